The first kappa shape index (κ1) is 13.4. The maximum absolute atomic E-state index is 12.1. The SMILES string of the molecule is Cc1c(N)cn(Cc2cccc(Br)c2)c(=O)c1Br. The zero-order chi connectivity index (χ0) is 13.3. The van der Waals surface area contributed by atoms with Crippen LogP contribution in [0.2, 0.25) is 0 Å². The summed E-state index contributed by atoms with van der Waals surface area (Å²) in [5.74, 6) is 0. The molecule has 0 bridgehead atoms. The van der Waals surface area contributed by atoms with Crippen molar-refractivity contribution in [2.24, 2.45) is 0 Å². The summed E-state index contributed by atoms with van der Waals surface area (Å²) in [6.45, 7) is 2.33. The molecule has 0 aliphatic heterocycles. The van der Waals surface area contributed by atoms with Gasteiger partial charge in [-0.2, -0.15) is 0 Å². The number of hydrogen-bond acceptors (Lipinski definition) is 2. The van der Waals surface area contributed by atoms with Crippen LogP contribution >= 0.6 is 31.9 Å². The van der Waals surface area contributed by atoms with Crippen molar-refractivity contribution in [3.63, 3.8) is 0 Å². The molecule has 0 atom stereocenters. The summed E-state index contributed by atoms with van der Waals surface area (Å²) in [6.07, 6.45) is 1.68. The molecule has 1 aromatic carbocycles. The maximum Gasteiger partial charge on any atom is 0.265 e. The fourth-order valence-electron chi connectivity index (χ4n) is 1.69. The van der Waals surface area contributed by atoms with Gasteiger partial charge in [0.05, 0.1) is 16.7 Å². The molecule has 0 aliphatic rings. The van der Waals surface area contributed by atoms with E-state index < -0.39 is 0 Å². The van der Waals surface area contributed by atoms with Gasteiger partial charge in [0.25, 0.3) is 5.56 Å². The smallest absolute Gasteiger partial charge is 0.265 e. The molecule has 3 nitrogen and oxygen atoms in total. The Morgan fingerprint density at radius 1 is 1.33 bits per heavy atom. The molecular weight excluding hydrogens is 360 g/mol. The van der Waals surface area contributed by atoms with Gasteiger partial charge in [-0.15, -0.1) is 0 Å². The van der Waals surface area contributed by atoms with Crippen LogP contribution in [0.3, 0.4) is 0 Å². The molecule has 1 aromatic heterocycles. The Bertz CT molecular complexity index is 650. The van der Waals surface area contributed by atoms with Gasteiger partial charge in [-0.1, -0.05) is 28.1 Å². The van der Waals surface area contributed by atoms with Crippen LogP contribution in [0, 0.1) is 6.92 Å². The number of benzene rings is 1. The Labute approximate surface area is 122 Å². The topological polar surface area (TPSA) is 48.0 Å². The predicted molar refractivity (Wildman–Crippen MR) is 80.8 cm³/mol. The number of nitrogens with two attached hydrogens (primary N) is 1. The molecule has 0 aliphatic carbocycles. The Kier molecular flexibility index (Phi) is 3.92. The lowest BCUT2D eigenvalue weighted by molar-refractivity contribution is 0.754. The first-order chi connectivity index (χ1) is 8.49. The quantitative estimate of drug-likeness (QED) is 0.880. The molecule has 0 fully saturated rings. The number of halogens is 2. The summed E-state index contributed by atoms with van der Waals surface area (Å²) in [4.78, 5) is 12.1. The largest absolute Gasteiger partial charge is 0.397 e. The van der Waals surface area contributed by atoms with E-state index in [9.17, 15) is 4.79 Å². The zero-order valence-electron chi connectivity index (χ0n) is 9.78. The van der Waals surface area contributed by atoms with E-state index in [0.717, 1.165) is 15.6 Å². The van der Waals surface area contributed by atoms with E-state index in [-0.39, 0.29) is 5.56 Å². The fourth-order valence-corrected chi connectivity index (χ4v) is 2.59. The lowest BCUT2D eigenvalue weighted by atomic mass is 10.2. The number of nitrogen functional groups attached to an aromatic ring is 1. The summed E-state index contributed by atoms with van der Waals surface area (Å²) in [5, 5.41) is 0. The zero-order valence-corrected chi connectivity index (χ0v) is 13.0. The standard InChI is InChI=1S/C13H12Br2N2O/c1-8-11(16)7-17(13(18)12(8)15)6-9-3-2-4-10(14)5-9/h2-5,7H,6,16H2,1H3. The molecule has 0 spiro atoms. The number of rotatable bonds is 2. The first-order valence-corrected chi connectivity index (χ1v) is 6.97. The van der Waals surface area contributed by atoms with Crippen molar-refractivity contribution in [3.05, 3.63) is 60.9 Å². The van der Waals surface area contributed by atoms with Crippen LogP contribution in [0.25, 0.3) is 0 Å². The average molecular weight is 372 g/mol. The van der Waals surface area contributed by atoms with Crippen molar-refractivity contribution in [3.8, 4) is 0 Å². The van der Waals surface area contributed by atoms with Gasteiger partial charge in [0.2, 0.25) is 0 Å². The molecular formula is C13H12Br2N2O. The van der Waals surface area contributed by atoms with Gasteiger partial charge < -0.3 is 10.3 Å². The molecule has 2 N–H and O–H groups in total. The minimum atomic E-state index is -0.0679. The van der Waals surface area contributed by atoms with Crippen LogP contribution in [0.4, 0.5) is 5.69 Å². The third-order valence-electron chi connectivity index (χ3n) is 2.75. The summed E-state index contributed by atoms with van der Waals surface area (Å²) in [7, 11) is 0. The van der Waals surface area contributed by atoms with Crippen LogP contribution in [0.1, 0.15) is 11.1 Å². The van der Waals surface area contributed by atoms with Gasteiger partial charge in [0.1, 0.15) is 0 Å². The maximum atomic E-state index is 12.1. The van der Waals surface area contributed by atoms with E-state index in [2.05, 4.69) is 31.9 Å². The lowest BCUT2D eigenvalue weighted by Gasteiger charge is -2.10. The summed E-state index contributed by atoms with van der Waals surface area (Å²) >= 11 is 6.70. The molecule has 1 heterocycles. The van der Waals surface area contributed by atoms with E-state index >= 15 is 0 Å². The van der Waals surface area contributed by atoms with Gasteiger partial charge in [-0.25, -0.2) is 0 Å². The van der Waals surface area contributed by atoms with Crippen molar-refractivity contribution < 1.29 is 0 Å². The second-order valence-electron chi connectivity index (χ2n) is 4.09. The van der Waals surface area contributed by atoms with Crippen molar-refractivity contribution in [2.45, 2.75) is 13.5 Å². The first-order valence-electron chi connectivity index (χ1n) is 5.38. The monoisotopic (exact) mass is 370 g/mol. The molecule has 2 rings (SSSR count). The van der Waals surface area contributed by atoms with Gasteiger partial charge in [0, 0.05) is 10.7 Å². The number of hydrogen-bond donors (Lipinski definition) is 1. The number of pyridine rings is 1. The molecule has 2 aromatic rings. The molecule has 5 heteroatoms. The summed E-state index contributed by atoms with van der Waals surface area (Å²) in [6, 6.07) is 7.85. The Hall–Kier alpha value is -1.07. The third kappa shape index (κ3) is 2.67. The Morgan fingerprint density at radius 3 is 2.72 bits per heavy atom. The van der Waals surface area contributed by atoms with Crippen molar-refractivity contribution in [1.29, 1.82) is 0 Å². The second kappa shape index (κ2) is 5.28. The molecule has 0 saturated carbocycles. The van der Waals surface area contributed by atoms with E-state index in [1.807, 2.05) is 31.2 Å². The molecule has 0 unspecified atom stereocenters. The highest BCUT2D eigenvalue weighted by Gasteiger charge is 2.08. The molecule has 0 saturated heterocycles. The van der Waals surface area contributed by atoms with Gasteiger partial charge in [0.15, 0.2) is 0 Å². The highest BCUT2D eigenvalue weighted by atomic mass is 79.9. The minimum Gasteiger partial charge on any atom is -0.397 e. The average Bonchev–Trinajstić information content (AvgIpc) is 2.33. The van der Waals surface area contributed by atoms with Crippen molar-refractivity contribution in [2.75, 3.05) is 5.73 Å². The highest BCUT2D eigenvalue weighted by molar-refractivity contribution is 9.10. The van der Waals surface area contributed by atoms with E-state index in [0.29, 0.717) is 16.7 Å². The van der Waals surface area contributed by atoms with Crippen LogP contribution in [0.5, 0.6) is 0 Å². The van der Waals surface area contributed by atoms with E-state index in [1.165, 1.54) is 0 Å². The summed E-state index contributed by atoms with van der Waals surface area (Å²) in [5.41, 5.74) is 8.24. The van der Waals surface area contributed by atoms with Crippen molar-refractivity contribution in [1.82, 2.24) is 4.57 Å². The molecule has 0 amide bonds. The molecule has 94 valence electrons. The van der Waals surface area contributed by atoms with Crippen LogP contribution < -0.4 is 11.3 Å². The molecule has 18 heavy (non-hydrogen) atoms. The number of nitrogens with zero attached hydrogens (tertiary/aromatic N) is 1. The van der Waals surface area contributed by atoms with Crippen LogP contribution in [0.15, 0.2) is 44.2 Å². The molecule has 0 radical (unpaired) electrons. The lowest BCUT2D eigenvalue weighted by Crippen LogP contribution is -2.22. The number of anilines is 1. The fraction of sp³-hybridized carbons (Fsp3) is 0.154. The number of aromatic nitrogens is 1. The van der Waals surface area contributed by atoms with Gasteiger partial charge in [-0.3, -0.25) is 4.79 Å². The predicted octanol–water partition coefficient (Wildman–Crippen LogP) is 3.31. The highest BCUT2D eigenvalue weighted by Crippen LogP contribution is 2.18. The minimum absolute atomic E-state index is 0.0679. The second-order valence-corrected chi connectivity index (χ2v) is 5.80. The third-order valence-corrected chi connectivity index (χ3v) is 4.17. The Balaban J connectivity index is 2.44. The van der Waals surface area contributed by atoms with E-state index in [1.54, 1.807) is 10.8 Å². The van der Waals surface area contributed by atoms with Gasteiger partial charge in [-0.05, 0) is 46.1 Å². The normalized spacial score (nSPS) is 10.6. The Morgan fingerprint density at radius 2 is 2.06 bits per heavy atom. The van der Waals surface area contributed by atoms with Crippen LogP contribution in [-0.2, 0) is 6.54 Å². The van der Waals surface area contributed by atoms with Crippen LogP contribution in [-0.4, -0.2) is 4.57 Å². The van der Waals surface area contributed by atoms with E-state index in [4.69, 9.17) is 5.73 Å². The van der Waals surface area contributed by atoms with Gasteiger partial charge >= 0.3 is 0 Å². The summed E-state index contributed by atoms with van der Waals surface area (Å²) < 4.78 is 3.12. The van der Waals surface area contributed by atoms with Crippen molar-refractivity contribution >= 4 is 37.5 Å².